The van der Waals surface area contributed by atoms with Gasteiger partial charge in [-0.15, -0.1) is 0 Å². The molecule has 3 aromatic carbocycles. The molecule has 3 aromatic rings. The van der Waals surface area contributed by atoms with E-state index in [0.29, 0.717) is 43.2 Å². The molecule has 0 aliphatic carbocycles. The number of amides is 1. The molecule has 0 unspecified atom stereocenters. The minimum Gasteiger partial charge on any atom is -0.483 e. The Morgan fingerprint density at radius 2 is 1.85 bits per heavy atom. The molecular weight excluding hydrogens is 528 g/mol. The number of nitrogens with one attached hydrogen (secondary N) is 2. The van der Waals surface area contributed by atoms with Crippen LogP contribution in [0.3, 0.4) is 0 Å². The molecule has 212 valence electrons. The van der Waals surface area contributed by atoms with Gasteiger partial charge in [0, 0.05) is 38.8 Å². The quantitative estimate of drug-likeness (QED) is 0.346. The van der Waals surface area contributed by atoms with Crippen molar-refractivity contribution in [1.29, 1.82) is 0 Å². The minimum atomic E-state index is -3.76. The molecule has 0 bridgehead atoms. The standard InChI is InChI=1S/C30H36N4O5S/c1-33(27(22-9-4-2-5-10-22)20-34-18-16-23(35)19-34)29(36)21-39-28-15-14-26(30-25(28)13-8-17-31-30)32-40(37,38)24-11-6-3-7-12-24/h2-7,9-12,14-15,23,27,31-32,35H,8,13,16-21H2,1H3/t23-,27+/m0/s1. The highest BCUT2D eigenvalue weighted by Crippen LogP contribution is 2.38. The average Bonchev–Trinajstić information content (AvgIpc) is 3.40. The first-order valence-corrected chi connectivity index (χ1v) is 15.1. The van der Waals surface area contributed by atoms with Crippen LogP contribution in [0.4, 0.5) is 11.4 Å². The maximum atomic E-state index is 13.4. The van der Waals surface area contributed by atoms with Crippen LogP contribution in [-0.2, 0) is 21.2 Å². The number of ether oxygens (including phenoxy) is 1. The van der Waals surface area contributed by atoms with Crippen molar-refractivity contribution in [1.82, 2.24) is 9.80 Å². The van der Waals surface area contributed by atoms with Crippen LogP contribution in [0.15, 0.2) is 77.7 Å². The van der Waals surface area contributed by atoms with Gasteiger partial charge in [0.05, 0.1) is 28.4 Å². The lowest BCUT2D eigenvalue weighted by Gasteiger charge is -2.32. The number of fused-ring (bicyclic) bond motifs is 1. The number of hydrogen-bond acceptors (Lipinski definition) is 7. The SMILES string of the molecule is CN(C(=O)COc1ccc(NS(=O)(=O)c2ccccc2)c2c1CCCN2)[C@H](CN1CC[C@H](O)C1)c1ccccc1. The Bertz CT molecular complexity index is 1420. The minimum absolute atomic E-state index is 0.149. The monoisotopic (exact) mass is 564 g/mol. The molecular formula is C30H36N4O5S. The summed E-state index contributed by atoms with van der Waals surface area (Å²) in [6, 6.07) is 21.4. The zero-order chi connectivity index (χ0) is 28.1. The fraction of sp³-hybridized carbons (Fsp3) is 0.367. The second kappa shape index (κ2) is 12.3. The van der Waals surface area contributed by atoms with E-state index in [1.807, 2.05) is 30.3 Å². The summed E-state index contributed by atoms with van der Waals surface area (Å²) in [7, 11) is -1.97. The van der Waals surface area contributed by atoms with E-state index in [0.717, 1.165) is 30.5 Å². The summed E-state index contributed by atoms with van der Waals surface area (Å²) in [6.45, 7) is 2.58. The second-order valence-corrected chi connectivity index (χ2v) is 12.0. The number of hydrogen-bond donors (Lipinski definition) is 3. The number of β-amino-alcohol motifs (C(OH)–C–C–N with tert-alkyl or cyclic N) is 1. The molecule has 3 N–H and O–H groups in total. The number of sulfonamides is 1. The van der Waals surface area contributed by atoms with Gasteiger partial charge in [-0.05, 0) is 49.1 Å². The third kappa shape index (κ3) is 6.41. The van der Waals surface area contributed by atoms with E-state index in [9.17, 15) is 18.3 Å². The third-order valence-electron chi connectivity index (χ3n) is 7.55. The lowest BCUT2D eigenvalue weighted by Crippen LogP contribution is -2.41. The molecule has 1 amide bonds. The van der Waals surface area contributed by atoms with Crippen molar-refractivity contribution in [3.8, 4) is 5.75 Å². The van der Waals surface area contributed by atoms with E-state index in [1.165, 1.54) is 0 Å². The van der Waals surface area contributed by atoms with Crippen molar-refractivity contribution in [2.24, 2.45) is 0 Å². The zero-order valence-electron chi connectivity index (χ0n) is 22.6. The van der Waals surface area contributed by atoms with E-state index >= 15 is 0 Å². The predicted octanol–water partition coefficient (Wildman–Crippen LogP) is 3.49. The first kappa shape index (κ1) is 27.9. The van der Waals surface area contributed by atoms with Crippen molar-refractivity contribution in [2.45, 2.75) is 36.3 Å². The van der Waals surface area contributed by atoms with Crippen LogP contribution in [0.5, 0.6) is 5.75 Å². The van der Waals surface area contributed by atoms with Gasteiger partial charge in [0.15, 0.2) is 6.61 Å². The van der Waals surface area contributed by atoms with E-state index in [2.05, 4.69) is 14.9 Å². The largest absolute Gasteiger partial charge is 0.483 e. The first-order chi connectivity index (χ1) is 19.3. The molecule has 0 radical (unpaired) electrons. The molecule has 2 aliphatic rings. The molecule has 10 heteroatoms. The molecule has 9 nitrogen and oxygen atoms in total. The highest BCUT2D eigenvalue weighted by atomic mass is 32.2. The molecule has 2 atom stereocenters. The van der Waals surface area contributed by atoms with Crippen LogP contribution in [0, 0.1) is 0 Å². The van der Waals surface area contributed by atoms with Crippen LogP contribution in [0.2, 0.25) is 0 Å². The zero-order valence-corrected chi connectivity index (χ0v) is 23.4. The fourth-order valence-electron chi connectivity index (χ4n) is 5.35. The Balaban J connectivity index is 1.31. The summed E-state index contributed by atoms with van der Waals surface area (Å²) in [5.41, 5.74) is 3.00. The first-order valence-electron chi connectivity index (χ1n) is 13.6. The van der Waals surface area contributed by atoms with Crippen LogP contribution in [0.25, 0.3) is 0 Å². The number of anilines is 2. The summed E-state index contributed by atoms with van der Waals surface area (Å²) in [5.74, 6) is 0.394. The summed E-state index contributed by atoms with van der Waals surface area (Å²) >= 11 is 0. The summed E-state index contributed by atoms with van der Waals surface area (Å²) in [6.07, 6.45) is 1.97. The van der Waals surface area contributed by atoms with Crippen LogP contribution < -0.4 is 14.8 Å². The smallest absolute Gasteiger partial charge is 0.261 e. The van der Waals surface area contributed by atoms with Crippen molar-refractivity contribution in [3.05, 3.63) is 83.9 Å². The van der Waals surface area contributed by atoms with Gasteiger partial charge in [-0.1, -0.05) is 48.5 Å². The Labute approximate surface area is 235 Å². The molecule has 0 aromatic heterocycles. The molecule has 2 heterocycles. The summed E-state index contributed by atoms with van der Waals surface area (Å²) in [4.78, 5) is 17.5. The maximum Gasteiger partial charge on any atom is 0.261 e. The van der Waals surface area contributed by atoms with E-state index in [4.69, 9.17) is 4.74 Å². The van der Waals surface area contributed by atoms with Crippen molar-refractivity contribution in [2.75, 3.05) is 49.9 Å². The van der Waals surface area contributed by atoms with Gasteiger partial charge in [0.2, 0.25) is 0 Å². The fourth-order valence-corrected chi connectivity index (χ4v) is 6.44. The molecule has 0 saturated carbocycles. The Kier molecular flexibility index (Phi) is 8.58. The number of aliphatic hydroxyl groups excluding tert-OH is 1. The van der Waals surface area contributed by atoms with Gasteiger partial charge >= 0.3 is 0 Å². The highest BCUT2D eigenvalue weighted by Gasteiger charge is 2.29. The van der Waals surface area contributed by atoms with Gasteiger partial charge < -0.3 is 20.1 Å². The van der Waals surface area contributed by atoms with Crippen LogP contribution >= 0.6 is 0 Å². The lowest BCUT2D eigenvalue weighted by atomic mass is 10.0. The Hall–Kier alpha value is -3.60. The predicted molar refractivity (Wildman–Crippen MR) is 155 cm³/mol. The molecule has 1 fully saturated rings. The second-order valence-electron chi connectivity index (χ2n) is 10.3. The van der Waals surface area contributed by atoms with Crippen molar-refractivity contribution < 1.29 is 23.1 Å². The number of nitrogens with zero attached hydrogens (tertiary/aromatic N) is 2. The molecule has 5 rings (SSSR count). The summed E-state index contributed by atoms with van der Waals surface area (Å²) < 4.78 is 34.7. The van der Waals surface area contributed by atoms with Crippen molar-refractivity contribution in [3.63, 3.8) is 0 Å². The maximum absolute atomic E-state index is 13.4. The normalized spacial score (nSPS) is 17.9. The van der Waals surface area contributed by atoms with Gasteiger partial charge in [0.25, 0.3) is 15.9 Å². The number of carbonyl (C=O) groups excluding carboxylic acids is 1. The highest BCUT2D eigenvalue weighted by molar-refractivity contribution is 7.92. The van der Waals surface area contributed by atoms with Crippen molar-refractivity contribution >= 4 is 27.3 Å². The lowest BCUT2D eigenvalue weighted by molar-refractivity contribution is -0.134. The number of benzene rings is 3. The molecule has 0 spiro atoms. The molecule has 1 saturated heterocycles. The van der Waals surface area contributed by atoms with Gasteiger partial charge in [-0.2, -0.15) is 0 Å². The molecule has 2 aliphatic heterocycles. The number of carbonyl (C=O) groups is 1. The Morgan fingerprint density at radius 3 is 2.55 bits per heavy atom. The van der Waals surface area contributed by atoms with Gasteiger partial charge in [-0.3, -0.25) is 14.4 Å². The number of rotatable bonds is 10. The topological polar surface area (TPSA) is 111 Å². The van der Waals surface area contributed by atoms with Crippen LogP contribution in [0.1, 0.15) is 30.0 Å². The van der Waals surface area contributed by atoms with E-state index in [1.54, 1.807) is 54.4 Å². The summed E-state index contributed by atoms with van der Waals surface area (Å²) in [5, 5.41) is 13.3. The van der Waals surface area contributed by atoms with Crippen LogP contribution in [-0.4, -0.2) is 75.2 Å². The van der Waals surface area contributed by atoms with E-state index < -0.39 is 10.0 Å². The van der Waals surface area contributed by atoms with Gasteiger partial charge in [0.1, 0.15) is 5.75 Å². The van der Waals surface area contributed by atoms with E-state index in [-0.39, 0.29) is 29.6 Å². The third-order valence-corrected chi connectivity index (χ3v) is 8.93. The Morgan fingerprint density at radius 1 is 1.12 bits per heavy atom. The number of likely N-dealkylation sites (tertiary alicyclic amines) is 1. The molecule has 40 heavy (non-hydrogen) atoms. The van der Waals surface area contributed by atoms with Gasteiger partial charge in [-0.25, -0.2) is 8.42 Å². The average molecular weight is 565 g/mol. The number of likely N-dealkylation sites (N-methyl/N-ethyl adjacent to an activating group) is 1. The number of aliphatic hydroxyl groups is 1.